The Morgan fingerprint density at radius 3 is 2.86 bits per heavy atom. The first-order valence-electron chi connectivity index (χ1n) is 6.20. The number of nitrogens with zero attached hydrogens (tertiary/aromatic N) is 3. The Kier molecular flexibility index (Phi) is 3.64. The quantitative estimate of drug-likeness (QED) is 0.719. The van der Waals surface area contributed by atoms with Gasteiger partial charge < -0.3 is 4.52 Å². The van der Waals surface area contributed by atoms with E-state index in [1.165, 1.54) is 11.3 Å². The lowest BCUT2D eigenvalue weighted by molar-refractivity contribution is 0.426. The third-order valence-corrected chi connectivity index (χ3v) is 5.34. The molecule has 6 nitrogen and oxygen atoms in total. The Morgan fingerprint density at radius 1 is 1.33 bits per heavy atom. The van der Waals surface area contributed by atoms with Crippen LogP contribution in [0.5, 0.6) is 0 Å². The molecule has 0 aromatic carbocycles. The van der Waals surface area contributed by atoms with Gasteiger partial charge in [0, 0.05) is 19.3 Å². The molecule has 21 heavy (non-hydrogen) atoms. The number of aromatic nitrogens is 3. The van der Waals surface area contributed by atoms with E-state index in [-0.39, 0.29) is 11.5 Å². The van der Waals surface area contributed by atoms with Crippen LogP contribution in [0.2, 0.25) is 0 Å². The lowest BCUT2D eigenvalue weighted by Crippen LogP contribution is -2.11. The Bertz CT molecular complexity index is 832. The van der Waals surface area contributed by atoms with Crippen LogP contribution in [-0.2, 0) is 28.4 Å². The number of hydrogen-bond acceptors (Lipinski definition) is 6. The first-order chi connectivity index (χ1) is 10.0. The molecule has 0 atom stereocenters. The van der Waals surface area contributed by atoms with Crippen molar-refractivity contribution in [1.29, 1.82) is 0 Å². The van der Waals surface area contributed by atoms with E-state index < -0.39 is 9.84 Å². The fourth-order valence-corrected chi connectivity index (χ4v) is 4.05. The largest absolute Gasteiger partial charge is 0.355 e. The summed E-state index contributed by atoms with van der Waals surface area (Å²) in [6.45, 7) is 0. The van der Waals surface area contributed by atoms with E-state index in [9.17, 15) is 8.42 Å². The summed E-state index contributed by atoms with van der Waals surface area (Å²) < 4.78 is 31.1. The molecule has 0 bridgehead atoms. The molecular weight excluding hydrogens is 310 g/mol. The summed E-state index contributed by atoms with van der Waals surface area (Å²) >= 11 is 1.52. The Balaban J connectivity index is 1.75. The zero-order chi connectivity index (χ0) is 14.9. The highest BCUT2D eigenvalue weighted by Gasteiger charge is 2.18. The van der Waals surface area contributed by atoms with E-state index in [2.05, 4.69) is 10.3 Å². The molecule has 0 aliphatic heterocycles. The summed E-state index contributed by atoms with van der Waals surface area (Å²) in [7, 11) is -1.60. The standard InChI is InChI=1S/C13H13N3O3S2/c1-16-11(4-5-14-16)9-21(17,18)8-10-7-12(19-15-10)13-3-2-6-20-13/h2-7H,8-9H2,1H3. The monoisotopic (exact) mass is 323 g/mol. The van der Waals surface area contributed by atoms with Gasteiger partial charge in [-0.3, -0.25) is 4.68 Å². The van der Waals surface area contributed by atoms with Crippen molar-refractivity contribution in [2.75, 3.05) is 0 Å². The van der Waals surface area contributed by atoms with Crippen LogP contribution in [0.15, 0.2) is 40.4 Å². The second-order valence-corrected chi connectivity index (χ2v) is 7.65. The van der Waals surface area contributed by atoms with E-state index in [0.717, 1.165) is 4.88 Å². The molecule has 0 radical (unpaired) electrons. The van der Waals surface area contributed by atoms with Crippen LogP contribution in [0.4, 0.5) is 0 Å². The zero-order valence-corrected chi connectivity index (χ0v) is 12.9. The highest BCUT2D eigenvalue weighted by atomic mass is 32.2. The minimum Gasteiger partial charge on any atom is -0.355 e. The van der Waals surface area contributed by atoms with E-state index in [0.29, 0.717) is 17.1 Å². The smallest absolute Gasteiger partial charge is 0.177 e. The molecule has 0 spiro atoms. The number of sulfone groups is 1. The van der Waals surface area contributed by atoms with Crippen molar-refractivity contribution >= 4 is 21.2 Å². The number of rotatable bonds is 5. The second kappa shape index (κ2) is 5.45. The zero-order valence-electron chi connectivity index (χ0n) is 11.3. The maximum absolute atomic E-state index is 12.2. The van der Waals surface area contributed by atoms with Crippen LogP contribution in [0.1, 0.15) is 11.4 Å². The van der Waals surface area contributed by atoms with Gasteiger partial charge in [-0.25, -0.2) is 8.42 Å². The SMILES string of the molecule is Cn1nccc1CS(=O)(=O)Cc1cc(-c2cccs2)on1. The van der Waals surface area contributed by atoms with Gasteiger partial charge in [0.05, 0.1) is 27.8 Å². The van der Waals surface area contributed by atoms with Crippen molar-refractivity contribution < 1.29 is 12.9 Å². The van der Waals surface area contributed by atoms with Gasteiger partial charge in [-0.05, 0) is 17.5 Å². The lowest BCUT2D eigenvalue weighted by atomic mass is 10.3. The van der Waals surface area contributed by atoms with E-state index >= 15 is 0 Å². The molecule has 0 fully saturated rings. The van der Waals surface area contributed by atoms with Crippen molar-refractivity contribution in [3.8, 4) is 10.6 Å². The molecule has 110 valence electrons. The second-order valence-electron chi connectivity index (χ2n) is 4.64. The van der Waals surface area contributed by atoms with Gasteiger partial charge in [0.25, 0.3) is 0 Å². The number of hydrogen-bond donors (Lipinski definition) is 0. The molecule has 0 amide bonds. The predicted molar refractivity (Wildman–Crippen MR) is 79.4 cm³/mol. The summed E-state index contributed by atoms with van der Waals surface area (Å²) in [5.74, 6) is 0.383. The third kappa shape index (κ3) is 3.22. The molecule has 0 saturated carbocycles. The summed E-state index contributed by atoms with van der Waals surface area (Å²) in [6.07, 6.45) is 1.58. The maximum atomic E-state index is 12.2. The van der Waals surface area contributed by atoms with Crippen molar-refractivity contribution in [3.05, 3.63) is 47.2 Å². The topological polar surface area (TPSA) is 78.0 Å². The van der Waals surface area contributed by atoms with E-state index in [1.807, 2.05) is 17.5 Å². The van der Waals surface area contributed by atoms with E-state index in [1.54, 1.807) is 30.1 Å². The molecule has 8 heteroatoms. The van der Waals surface area contributed by atoms with Crippen LogP contribution >= 0.6 is 11.3 Å². The average Bonchev–Trinajstić information content (AvgIpc) is 3.11. The van der Waals surface area contributed by atoms with Gasteiger partial charge in [0.1, 0.15) is 0 Å². The fraction of sp³-hybridized carbons (Fsp3) is 0.231. The lowest BCUT2D eigenvalue weighted by Gasteiger charge is -2.02. The molecule has 0 unspecified atom stereocenters. The molecule has 0 saturated heterocycles. The van der Waals surface area contributed by atoms with Gasteiger partial charge in [-0.15, -0.1) is 11.3 Å². The van der Waals surface area contributed by atoms with Gasteiger partial charge in [-0.1, -0.05) is 11.2 Å². The Hall–Kier alpha value is -1.93. The minimum absolute atomic E-state index is 0.0648. The summed E-state index contributed by atoms with van der Waals surface area (Å²) in [6, 6.07) is 7.17. The number of aryl methyl sites for hydroxylation is 1. The molecule has 3 aromatic heterocycles. The molecular formula is C13H13N3O3S2. The van der Waals surface area contributed by atoms with Crippen LogP contribution in [0.25, 0.3) is 10.6 Å². The normalized spacial score (nSPS) is 11.9. The molecule has 3 rings (SSSR count). The minimum atomic E-state index is -3.32. The maximum Gasteiger partial charge on any atom is 0.177 e. The first kappa shape index (κ1) is 14.0. The van der Waals surface area contributed by atoms with Crippen LogP contribution in [0.3, 0.4) is 0 Å². The summed E-state index contributed by atoms with van der Waals surface area (Å²) in [5.41, 5.74) is 1.07. The van der Waals surface area contributed by atoms with Gasteiger partial charge in [0.15, 0.2) is 15.6 Å². The van der Waals surface area contributed by atoms with Gasteiger partial charge >= 0.3 is 0 Å². The molecule has 0 aliphatic carbocycles. The molecule has 3 heterocycles. The molecule has 3 aromatic rings. The first-order valence-corrected chi connectivity index (χ1v) is 8.90. The van der Waals surface area contributed by atoms with Gasteiger partial charge in [-0.2, -0.15) is 5.10 Å². The summed E-state index contributed by atoms with van der Waals surface area (Å²) in [5, 5.41) is 9.73. The summed E-state index contributed by atoms with van der Waals surface area (Å²) in [4.78, 5) is 0.929. The van der Waals surface area contributed by atoms with Crippen LogP contribution in [-0.4, -0.2) is 23.4 Å². The van der Waals surface area contributed by atoms with Gasteiger partial charge in [0.2, 0.25) is 0 Å². The van der Waals surface area contributed by atoms with Crippen LogP contribution < -0.4 is 0 Å². The van der Waals surface area contributed by atoms with Crippen molar-refractivity contribution in [1.82, 2.24) is 14.9 Å². The highest BCUT2D eigenvalue weighted by Crippen LogP contribution is 2.25. The Labute approximate surface area is 125 Å². The predicted octanol–water partition coefficient (Wildman–Crippen LogP) is 2.25. The highest BCUT2D eigenvalue weighted by molar-refractivity contribution is 7.89. The Morgan fingerprint density at radius 2 is 2.19 bits per heavy atom. The average molecular weight is 323 g/mol. The van der Waals surface area contributed by atoms with Crippen molar-refractivity contribution in [3.63, 3.8) is 0 Å². The number of thiophene rings is 1. The molecule has 0 aliphatic rings. The third-order valence-electron chi connectivity index (χ3n) is 2.98. The fourth-order valence-electron chi connectivity index (χ4n) is 1.96. The van der Waals surface area contributed by atoms with E-state index in [4.69, 9.17) is 4.52 Å². The van der Waals surface area contributed by atoms with Crippen LogP contribution in [0, 0.1) is 0 Å². The van der Waals surface area contributed by atoms with Crippen molar-refractivity contribution in [2.24, 2.45) is 7.05 Å². The molecule has 0 N–H and O–H groups in total. The van der Waals surface area contributed by atoms with Crippen molar-refractivity contribution in [2.45, 2.75) is 11.5 Å².